The average Bonchev–Trinajstić information content (AvgIpc) is 2.51. The van der Waals surface area contributed by atoms with Gasteiger partial charge >= 0.3 is 6.03 Å². The van der Waals surface area contributed by atoms with Crippen LogP contribution in [0.15, 0.2) is 0 Å². The van der Waals surface area contributed by atoms with Gasteiger partial charge in [-0.25, -0.2) is 10.3 Å². The van der Waals surface area contributed by atoms with Gasteiger partial charge in [-0.05, 0) is 26.7 Å². The number of rotatable bonds is 3. The van der Waals surface area contributed by atoms with Gasteiger partial charge in [0.1, 0.15) is 0 Å². The number of carbonyl (C=O) groups excluding carboxylic acids is 1. The maximum atomic E-state index is 11.1. The molecule has 13 heavy (non-hydrogen) atoms. The molecule has 2 N–H and O–H groups in total. The second kappa shape index (κ2) is 5.07. The van der Waals surface area contributed by atoms with Gasteiger partial charge < -0.3 is 5.32 Å². The van der Waals surface area contributed by atoms with Crippen molar-refractivity contribution in [1.29, 1.82) is 0 Å². The summed E-state index contributed by atoms with van der Waals surface area (Å²) in [6.07, 6.45) is 4.75. The van der Waals surface area contributed by atoms with Crippen LogP contribution in [0.2, 0.25) is 0 Å². The van der Waals surface area contributed by atoms with E-state index in [1.807, 2.05) is 13.8 Å². The first-order chi connectivity index (χ1) is 6.18. The van der Waals surface area contributed by atoms with Crippen LogP contribution in [0.3, 0.4) is 0 Å². The third-order valence-corrected chi connectivity index (χ3v) is 2.04. The minimum absolute atomic E-state index is 0.146. The van der Waals surface area contributed by atoms with Gasteiger partial charge in [0.25, 0.3) is 0 Å². The van der Waals surface area contributed by atoms with Crippen LogP contribution in [0.25, 0.3) is 0 Å². The molecule has 0 aromatic carbocycles. The number of carbonyl (C=O) groups is 1. The molecule has 0 aliphatic heterocycles. The van der Waals surface area contributed by atoms with E-state index < -0.39 is 0 Å². The first-order valence-electron chi connectivity index (χ1n) is 4.90. The van der Waals surface area contributed by atoms with Gasteiger partial charge in [0.2, 0.25) is 0 Å². The number of amides is 2. The van der Waals surface area contributed by atoms with Crippen molar-refractivity contribution in [2.24, 2.45) is 0 Å². The zero-order valence-electron chi connectivity index (χ0n) is 8.30. The van der Waals surface area contributed by atoms with Crippen molar-refractivity contribution < 1.29 is 9.63 Å². The Morgan fingerprint density at radius 2 is 2.00 bits per heavy atom. The summed E-state index contributed by atoms with van der Waals surface area (Å²) in [6, 6.07) is -0.103. The summed E-state index contributed by atoms with van der Waals surface area (Å²) >= 11 is 0. The normalized spacial score (nSPS) is 17.8. The molecule has 1 fully saturated rings. The highest BCUT2D eigenvalue weighted by Gasteiger charge is 2.16. The van der Waals surface area contributed by atoms with Crippen molar-refractivity contribution in [2.75, 3.05) is 0 Å². The number of nitrogens with one attached hydrogen (secondary N) is 2. The quantitative estimate of drug-likeness (QED) is 0.657. The highest BCUT2D eigenvalue weighted by molar-refractivity contribution is 5.72. The average molecular weight is 186 g/mol. The molecule has 1 saturated carbocycles. The molecule has 76 valence electrons. The molecule has 0 heterocycles. The van der Waals surface area contributed by atoms with E-state index in [0.717, 1.165) is 12.8 Å². The van der Waals surface area contributed by atoms with Gasteiger partial charge in [-0.1, -0.05) is 12.8 Å². The van der Waals surface area contributed by atoms with E-state index >= 15 is 0 Å². The van der Waals surface area contributed by atoms with Crippen molar-refractivity contribution in [3.63, 3.8) is 0 Å². The lowest BCUT2D eigenvalue weighted by Gasteiger charge is -2.13. The van der Waals surface area contributed by atoms with Crippen molar-refractivity contribution in [1.82, 2.24) is 10.8 Å². The van der Waals surface area contributed by atoms with Gasteiger partial charge in [-0.15, -0.1) is 0 Å². The Kier molecular flexibility index (Phi) is 4.02. The van der Waals surface area contributed by atoms with Gasteiger partial charge in [-0.3, -0.25) is 4.84 Å². The summed E-state index contributed by atoms with van der Waals surface area (Å²) in [5.41, 5.74) is 2.41. The van der Waals surface area contributed by atoms with E-state index in [1.165, 1.54) is 12.8 Å². The summed E-state index contributed by atoms with van der Waals surface area (Å²) in [7, 11) is 0. The van der Waals surface area contributed by atoms with Crippen LogP contribution in [0.1, 0.15) is 39.5 Å². The van der Waals surface area contributed by atoms with Crippen molar-refractivity contribution >= 4 is 6.03 Å². The van der Waals surface area contributed by atoms with Crippen molar-refractivity contribution in [3.8, 4) is 0 Å². The fraction of sp³-hybridized carbons (Fsp3) is 0.889. The molecule has 1 aliphatic rings. The molecule has 0 atom stereocenters. The Bertz CT molecular complexity index is 165. The summed E-state index contributed by atoms with van der Waals surface area (Å²) in [6.45, 7) is 3.82. The van der Waals surface area contributed by atoms with Crippen LogP contribution in [0.4, 0.5) is 4.79 Å². The Morgan fingerprint density at radius 1 is 1.38 bits per heavy atom. The lowest BCUT2D eigenvalue weighted by atomic mass is 10.3. The first-order valence-corrected chi connectivity index (χ1v) is 4.90. The Morgan fingerprint density at radius 3 is 2.54 bits per heavy atom. The van der Waals surface area contributed by atoms with Crippen LogP contribution in [-0.4, -0.2) is 18.2 Å². The van der Waals surface area contributed by atoms with E-state index in [-0.39, 0.29) is 18.2 Å². The lowest BCUT2D eigenvalue weighted by Crippen LogP contribution is -2.40. The molecule has 1 rings (SSSR count). The first kappa shape index (κ1) is 10.3. The SMILES string of the molecule is CC(C)NC(=O)NOC1CCCC1. The van der Waals surface area contributed by atoms with Crippen LogP contribution >= 0.6 is 0 Å². The van der Waals surface area contributed by atoms with Crippen molar-refractivity contribution in [3.05, 3.63) is 0 Å². The van der Waals surface area contributed by atoms with Gasteiger partial charge in [-0.2, -0.15) is 0 Å². The summed E-state index contributed by atoms with van der Waals surface area (Å²) in [5, 5.41) is 2.69. The van der Waals surface area contributed by atoms with Crippen LogP contribution in [-0.2, 0) is 4.84 Å². The third-order valence-electron chi connectivity index (χ3n) is 2.04. The standard InChI is InChI=1S/C9H18N2O2/c1-7(2)10-9(12)11-13-8-5-3-4-6-8/h7-8H,3-6H2,1-2H3,(H2,10,11,12). The number of hydrogen-bond acceptors (Lipinski definition) is 2. The topological polar surface area (TPSA) is 50.4 Å². The monoisotopic (exact) mass is 186 g/mol. The van der Waals surface area contributed by atoms with Gasteiger partial charge in [0.15, 0.2) is 0 Å². The summed E-state index contributed by atoms with van der Waals surface area (Å²) in [4.78, 5) is 16.3. The molecule has 0 bridgehead atoms. The second-order valence-corrected chi connectivity index (χ2v) is 3.75. The van der Waals surface area contributed by atoms with E-state index in [2.05, 4.69) is 10.8 Å². The van der Waals surface area contributed by atoms with Gasteiger partial charge in [0.05, 0.1) is 6.10 Å². The maximum Gasteiger partial charge on any atom is 0.338 e. The Hall–Kier alpha value is -0.770. The molecular formula is C9H18N2O2. The predicted octanol–water partition coefficient (Wildman–Crippen LogP) is 1.57. The zero-order chi connectivity index (χ0) is 9.68. The smallest absolute Gasteiger partial charge is 0.334 e. The number of urea groups is 1. The highest BCUT2D eigenvalue weighted by Crippen LogP contribution is 2.19. The maximum absolute atomic E-state index is 11.1. The fourth-order valence-corrected chi connectivity index (χ4v) is 1.43. The van der Waals surface area contributed by atoms with E-state index in [1.54, 1.807) is 0 Å². The molecule has 0 spiro atoms. The third kappa shape index (κ3) is 4.12. The van der Waals surface area contributed by atoms with E-state index in [0.29, 0.717) is 0 Å². The lowest BCUT2D eigenvalue weighted by molar-refractivity contribution is -0.000189. The minimum atomic E-state index is -0.248. The number of hydroxylamine groups is 1. The van der Waals surface area contributed by atoms with Crippen molar-refractivity contribution in [2.45, 2.75) is 51.7 Å². The highest BCUT2D eigenvalue weighted by atomic mass is 16.7. The second-order valence-electron chi connectivity index (χ2n) is 3.75. The van der Waals surface area contributed by atoms with E-state index in [9.17, 15) is 4.79 Å². The Balaban J connectivity index is 2.07. The van der Waals surface area contributed by atoms with Gasteiger partial charge in [0, 0.05) is 6.04 Å². The minimum Gasteiger partial charge on any atom is -0.334 e. The molecule has 0 aromatic rings. The molecular weight excluding hydrogens is 168 g/mol. The molecule has 0 unspecified atom stereocenters. The zero-order valence-corrected chi connectivity index (χ0v) is 8.30. The Labute approximate surface area is 79.0 Å². The molecule has 0 aromatic heterocycles. The summed E-state index contributed by atoms with van der Waals surface area (Å²) < 4.78 is 0. The van der Waals surface area contributed by atoms with Crippen LogP contribution in [0, 0.1) is 0 Å². The molecule has 0 saturated heterocycles. The molecule has 4 heteroatoms. The van der Waals surface area contributed by atoms with E-state index in [4.69, 9.17) is 4.84 Å². The predicted molar refractivity (Wildman–Crippen MR) is 50.1 cm³/mol. The summed E-state index contributed by atoms with van der Waals surface area (Å²) in [5.74, 6) is 0. The molecule has 1 aliphatic carbocycles. The molecule has 4 nitrogen and oxygen atoms in total. The fourth-order valence-electron chi connectivity index (χ4n) is 1.43. The number of hydrogen-bond donors (Lipinski definition) is 2. The molecule has 0 radical (unpaired) electrons. The van der Waals surface area contributed by atoms with Crippen LogP contribution < -0.4 is 10.8 Å². The van der Waals surface area contributed by atoms with Crippen LogP contribution in [0.5, 0.6) is 0 Å². The largest absolute Gasteiger partial charge is 0.338 e. The molecule has 2 amide bonds.